The van der Waals surface area contributed by atoms with Gasteiger partial charge in [-0.25, -0.2) is 0 Å². The van der Waals surface area contributed by atoms with E-state index in [2.05, 4.69) is 340 Å². The summed E-state index contributed by atoms with van der Waals surface area (Å²) in [5, 5.41) is 10.4. The Morgan fingerprint density at radius 2 is 0.764 bits per heavy atom. The molecule has 2 aliphatic heterocycles. The van der Waals surface area contributed by atoms with Crippen LogP contribution < -0.4 is 21.3 Å². The SMILES string of the molecule is CC(C)(C)c1ccc(N2c3ccc(C(C)(C)C)cc3B3c4c2cc(-c2c(-c5ccc(C(C)(C)c6ccccc6)cc5)cccc2-c2ccc(C(C)(C)c5ccccc5)cc2)cc4-n2c4ccccc4c4c5c6ccccc6c6ccccc6c5cc3c42)cc1. The Kier molecular flexibility index (Phi) is 12.2. The van der Waals surface area contributed by atoms with E-state index in [0.717, 1.165) is 5.69 Å². The van der Waals surface area contributed by atoms with Crippen LogP contribution in [0.25, 0.3) is 93.2 Å². The van der Waals surface area contributed by atoms with Gasteiger partial charge < -0.3 is 9.47 Å². The van der Waals surface area contributed by atoms with Crippen LogP contribution in [0.5, 0.6) is 0 Å². The van der Waals surface area contributed by atoms with Crippen molar-refractivity contribution in [2.45, 2.75) is 90.9 Å². The van der Waals surface area contributed by atoms with Crippen molar-refractivity contribution < 1.29 is 0 Å². The van der Waals surface area contributed by atoms with Crippen LogP contribution in [0.3, 0.4) is 0 Å². The van der Waals surface area contributed by atoms with E-state index < -0.39 is 0 Å². The highest BCUT2D eigenvalue weighted by atomic mass is 15.2. The van der Waals surface area contributed by atoms with Gasteiger partial charge in [0.15, 0.2) is 0 Å². The van der Waals surface area contributed by atoms with Gasteiger partial charge in [0.05, 0.1) is 11.0 Å². The van der Waals surface area contributed by atoms with Gasteiger partial charge in [-0.1, -0.05) is 294 Å². The summed E-state index contributed by atoms with van der Waals surface area (Å²) in [4.78, 5) is 2.62. The van der Waals surface area contributed by atoms with Crippen LogP contribution in [0.2, 0.25) is 0 Å². The van der Waals surface area contributed by atoms with Crippen LogP contribution in [-0.2, 0) is 21.7 Å². The van der Waals surface area contributed by atoms with Crippen molar-refractivity contribution in [2.75, 3.05) is 4.90 Å². The van der Waals surface area contributed by atoms with Crippen molar-refractivity contribution >= 4 is 94.3 Å². The minimum atomic E-state index is -0.193. The molecular formula is C86H73BN2. The lowest BCUT2D eigenvalue weighted by atomic mass is 9.33. The third kappa shape index (κ3) is 8.45. The average molecular weight is 1150 g/mol. The molecule has 1 aromatic heterocycles. The molecule has 14 aromatic rings. The summed E-state index contributed by atoms with van der Waals surface area (Å²) in [6.45, 7) is 23.3. The Morgan fingerprint density at radius 1 is 0.303 bits per heavy atom. The molecule has 2 aliphatic rings. The summed E-state index contributed by atoms with van der Waals surface area (Å²) in [5.74, 6) is 0. The first-order chi connectivity index (χ1) is 42.9. The van der Waals surface area contributed by atoms with Gasteiger partial charge in [0.1, 0.15) is 0 Å². The molecule has 0 fully saturated rings. The first-order valence-electron chi connectivity index (χ1n) is 31.9. The zero-order valence-electron chi connectivity index (χ0n) is 52.8. The Labute approximate surface area is 524 Å². The van der Waals surface area contributed by atoms with E-state index in [0.29, 0.717) is 0 Å². The Hall–Kier alpha value is -9.70. The molecule has 430 valence electrons. The largest absolute Gasteiger partial charge is 0.311 e. The highest BCUT2D eigenvalue weighted by Crippen LogP contribution is 2.50. The van der Waals surface area contributed by atoms with Crippen molar-refractivity contribution in [3.05, 3.63) is 294 Å². The van der Waals surface area contributed by atoms with E-state index in [1.807, 2.05) is 0 Å². The summed E-state index contributed by atoms with van der Waals surface area (Å²) in [7, 11) is 0. The van der Waals surface area contributed by atoms with Crippen molar-refractivity contribution in [1.29, 1.82) is 0 Å². The zero-order chi connectivity index (χ0) is 60.9. The molecule has 3 heteroatoms. The van der Waals surface area contributed by atoms with E-state index in [1.54, 1.807) is 0 Å². The standard InChI is InChI=1S/C86H73BN2/c1-83(2,3)57-44-47-63(48-45-57)88-75-49-46-62(84(4,5)6)52-72(75)87-73-53-71-68-30-18-17-28-66(68)67-29-19-20-31-69(67)79(71)80-70-32-21-22-35-74(70)89(82(73)80)77-51-56(50-76(88)81(77)87)78-64(54-36-40-60(41-37-54)85(7,8)58-24-13-11-14-25-58)33-23-34-65(78)55-38-42-61(43-39-55)86(9,10)59-26-15-12-16-27-59/h11-53H,1-10H3. The third-order valence-corrected chi connectivity index (χ3v) is 20.5. The summed E-state index contributed by atoms with van der Waals surface area (Å²) < 4.78 is 2.69. The molecule has 0 saturated carbocycles. The molecule has 0 bridgehead atoms. The van der Waals surface area contributed by atoms with E-state index >= 15 is 0 Å². The highest BCUT2D eigenvalue weighted by Gasteiger charge is 2.44. The van der Waals surface area contributed by atoms with Gasteiger partial charge in [-0.3, -0.25) is 0 Å². The van der Waals surface area contributed by atoms with Crippen LogP contribution in [-0.4, -0.2) is 11.3 Å². The number of anilines is 3. The lowest BCUT2D eigenvalue weighted by Crippen LogP contribution is -2.60. The normalized spacial score (nSPS) is 13.2. The van der Waals surface area contributed by atoms with Gasteiger partial charge in [-0.15, -0.1) is 0 Å². The lowest BCUT2D eigenvalue weighted by molar-refractivity contribution is 0.590. The van der Waals surface area contributed by atoms with Crippen molar-refractivity contribution in [2.24, 2.45) is 0 Å². The number of para-hydroxylation sites is 1. The summed E-state index contributed by atoms with van der Waals surface area (Å²) in [6, 6.07) is 100.0. The molecule has 0 saturated heterocycles. The molecular weight excluding hydrogens is 1070 g/mol. The van der Waals surface area contributed by atoms with Gasteiger partial charge >= 0.3 is 0 Å². The quantitative estimate of drug-likeness (QED) is 0.109. The van der Waals surface area contributed by atoms with Gasteiger partial charge in [-0.2, -0.15) is 0 Å². The molecule has 0 spiro atoms. The molecule has 3 heterocycles. The smallest absolute Gasteiger partial charge is 0.252 e. The lowest BCUT2D eigenvalue weighted by Gasteiger charge is -2.41. The Morgan fingerprint density at radius 3 is 1.33 bits per heavy atom. The third-order valence-electron chi connectivity index (χ3n) is 20.5. The second-order valence-electron chi connectivity index (χ2n) is 28.4. The minimum Gasteiger partial charge on any atom is -0.311 e. The van der Waals surface area contributed by atoms with E-state index in [-0.39, 0.29) is 28.4 Å². The molecule has 16 rings (SSSR count). The predicted octanol–water partition coefficient (Wildman–Crippen LogP) is 21.1. The fourth-order valence-electron chi connectivity index (χ4n) is 15.5. The Balaban J connectivity index is 1.04. The number of hydrogen-bond donors (Lipinski definition) is 0. The number of hydrogen-bond acceptors (Lipinski definition) is 1. The fourth-order valence-corrected chi connectivity index (χ4v) is 15.5. The van der Waals surface area contributed by atoms with E-state index in [4.69, 9.17) is 0 Å². The van der Waals surface area contributed by atoms with Gasteiger partial charge in [0, 0.05) is 49.7 Å². The van der Waals surface area contributed by atoms with Gasteiger partial charge in [0.25, 0.3) is 6.71 Å². The Bertz CT molecular complexity index is 5060. The second kappa shape index (κ2) is 19.9. The molecule has 0 atom stereocenters. The van der Waals surface area contributed by atoms with Crippen molar-refractivity contribution in [1.82, 2.24) is 4.57 Å². The van der Waals surface area contributed by atoms with Crippen LogP contribution >= 0.6 is 0 Å². The molecule has 89 heavy (non-hydrogen) atoms. The van der Waals surface area contributed by atoms with Crippen LogP contribution in [0.4, 0.5) is 17.1 Å². The average Bonchev–Trinajstić information content (AvgIpc) is 1.64. The molecule has 13 aromatic carbocycles. The fraction of sp³-hybridized carbons (Fsp3) is 0.163. The molecule has 0 amide bonds. The van der Waals surface area contributed by atoms with E-state index in [9.17, 15) is 0 Å². The number of rotatable bonds is 8. The highest BCUT2D eigenvalue weighted by molar-refractivity contribution is 7.00. The predicted molar refractivity (Wildman–Crippen MR) is 383 cm³/mol. The summed E-state index contributed by atoms with van der Waals surface area (Å²) >= 11 is 0. The number of fused-ring (bicyclic) bond motifs is 14. The van der Waals surface area contributed by atoms with Crippen LogP contribution in [0, 0.1) is 0 Å². The van der Waals surface area contributed by atoms with E-state index in [1.165, 1.54) is 154 Å². The first kappa shape index (κ1) is 54.7. The number of benzene rings is 13. The van der Waals surface area contributed by atoms with Gasteiger partial charge in [-0.05, 0) is 157 Å². The van der Waals surface area contributed by atoms with Crippen LogP contribution in [0.1, 0.15) is 103 Å². The molecule has 0 N–H and O–H groups in total. The summed E-state index contributed by atoms with van der Waals surface area (Å²) in [6.07, 6.45) is 0. The van der Waals surface area contributed by atoms with Crippen molar-refractivity contribution in [3.63, 3.8) is 0 Å². The second-order valence-corrected chi connectivity index (χ2v) is 28.4. The maximum Gasteiger partial charge on any atom is 0.252 e. The molecule has 0 aliphatic carbocycles. The molecule has 0 radical (unpaired) electrons. The number of nitrogens with zero attached hydrogens (tertiary/aromatic N) is 2. The molecule has 2 nitrogen and oxygen atoms in total. The van der Waals surface area contributed by atoms with Gasteiger partial charge in [0.2, 0.25) is 0 Å². The topological polar surface area (TPSA) is 8.17 Å². The van der Waals surface area contributed by atoms with Crippen LogP contribution in [0.15, 0.2) is 261 Å². The maximum atomic E-state index is 2.69. The molecule has 0 unspecified atom stereocenters. The number of aromatic nitrogens is 1. The van der Waals surface area contributed by atoms with Crippen molar-refractivity contribution in [3.8, 4) is 39.1 Å². The first-order valence-corrected chi connectivity index (χ1v) is 31.9. The maximum absolute atomic E-state index is 2.69. The monoisotopic (exact) mass is 1140 g/mol. The summed E-state index contributed by atoms with van der Waals surface area (Å²) in [5.41, 5.74) is 25.7. The minimum absolute atomic E-state index is 0.0158. The zero-order valence-corrected chi connectivity index (χ0v) is 52.8.